The number of nitrogens with zero attached hydrogens (tertiary/aromatic N) is 6. The number of hydrogen-bond acceptors (Lipinski definition) is 12. The zero-order chi connectivity index (χ0) is 31.4. The molecule has 0 spiro atoms. The van der Waals surface area contributed by atoms with E-state index in [2.05, 4.69) is 28.7 Å². The lowest BCUT2D eigenvalue weighted by Gasteiger charge is -2.25. The van der Waals surface area contributed by atoms with Crippen LogP contribution in [0.2, 0.25) is 0 Å². The van der Waals surface area contributed by atoms with Crippen molar-refractivity contribution in [2.45, 2.75) is 20.8 Å². The van der Waals surface area contributed by atoms with Crippen LogP contribution in [-0.2, 0) is 23.9 Å². The molecular formula is C28H27N7O7. The number of anilines is 2. The first-order valence-electron chi connectivity index (χ1n) is 12.2. The minimum atomic E-state index is -0.735. The Kier molecular flexibility index (Phi) is 11.6. The number of esters is 2. The van der Waals surface area contributed by atoms with Gasteiger partial charge in [-0.25, -0.2) is 9.59 Å². The van der Waals surface area contributed by atoms with E-state index in [1.54, 1.807) is 29.2 Å². The maximum atomic E-state index is 12.0. The minimum Gasteiger partial charge on any atom is -0.460 e. The molecule has 0 saturated heterocycles. The van der Waals surface area contributed by atoms with Gasteiger partial charge in [-0.1, -0.05) is 13.2 Å². The molecule has 0 radical (unpaired) electrons. The average molecular weight is 574 g/mol. The standard InChI is InChI=1S/C28H27N7O7/c1-17(2)27(37)41-10-8-34(9-11-42-28(38)18(3)4)22-6-7-24(25(14-22)31-19(5)36)32-33-26-20(15-29)12-23(35(39)40)13-21(26)16-30/h6-7,12-14H,1,3,8-11H2,2,4-5H3,(H,31,36)/b33-32+. The Labute approximate surface area is 241 Å². The molecule has 0 heterocycles. The quantitative estimate of drug-likeness (QED) is 0.114. The van der Waals surface area contributed by atoms with Crippen molar-refractivity contribution in [2.75, 3.05) is 36.5 Å². The summed E-state index contributed by atoms with van der Waals surface area (Å²) in [6.45, 7) is 11.7. The van der Waals surface area contributed by atoms with Crippen molar-refractivity contribution in [3.63, 3.8) is 0 Å². The van der Waals surface area contributed by atoms with Gasteiger partial charge in [0.25, 0.3) is 5.69 Å². The molecular weight excluding hydrogens is 546 g/mol. The van der Waals surface area contributed by atoms with Crippen LogP contribution in [0.25, 0.3) is 0 Å². The zero-order valence-electron chi connectivity index (χ0n) is 23.2. The van der Waals surface area contributed by atoms with Crippen molar-refractivity contribution in [1.82, 2.24) is 0 Å². The van der Waals surface area contributed by atoms with E-state index in [-0.39, 0.29) is 65.6 Å². The second kappa shape index (κ2) is 15.0. The number of carbonyl (C=O) groups is 3. The average Bonchev–Trinajstić information content (AvgIpc) is 2.94. The van der Waals surface area contributed by atoms with E-state index in [1.807, 2.05) is 0 Å². The molecule has 2 aromatic rings. The Bertz CT molecular complexity index is 1480. The van der Waals surface area contributed by atoms with Crippen LogP contribution in [0.4, 0.5) is 28.4 Å². The molecule has 0 saturated carbocycles. The largest absolute Gasteiger partial charge is 0.460 e. The first-order valence-corrected chi connectivity index (χ1v) is 12.2. The van der Waals surface area contributed by atoms with E-state index >= 15 is 0 Å². The van der Waals surface area contributed by atoms with E-state index in [1.165, 1.54) is 26.8 Å². The highest BCUT2D eigenvalue weighted by Gasteiger charge is 2.18. The zero-order valence-corrected chi connectivity index (χ0v) is 23.2. The van der Waals surface area contributed by atoms with Gasteiger partial charge in [0.1, 0.15) is 36.7 Å². The SMILES string of the molecule is C=C(C)C(=O)OCCN(CCOC(=O)C(=C)C)c1ccc(/N=N/c2c(C#N)cc([N+](=O)[O-])cc2C#N)c(NC(C)=O)c1. The van der Waals surface area contributed by atoms with Crippen molar-refractivity contribution >= 4 is 46.3 Å². The highest BCUT2D eigenvalue weighted by atomic mass is 16.6. The number of hydrogen-bond donors (Lipinski definition) is 1. The van der Waals surface area contributed by atoms with Gasteiger partial charge < -0.3 is 19.7 Å². The molecule has 14 heteroatoms. The Morgan fingerprint density at radius 2 is 1.48 bits per heavy atom. The minimum absolute atomic E-state index is 0.0227. The first kappa shape index (κ1) is 32.3. The fourth-order valence-corrected chi connectivity index (χ4v) is 3.32. The van der Waals surface area contributed by atoms with E-state index in [0.717, 1.165) is 12.1 Å². The van der Waals surface area contributed by atoms with Crippen LogP contribution in [0.5, 0.6) is 0 Å². The fourth-order valence-electron chi connectivity index (χ4n) is 3.32. The topological polar surface area (TPSA) is 200 Å². The Hall–Kier alpha value is -5.89. The molecule has 14 nitrogen and oxygen atoms in total. The Morgan fingerprint density at radius 3 is 1.90 bits per heavy atom. The monoisotopic (exact) mass is 573 g/mol. The van der Waals surface area contributed by atoms with Gasteiger partial charge in [0.15, 0.2) is 0 Å². The number of nitriles is 2. The summed E-state index contributed by atoms with van der Waals surface area (Å²) in [6, 6.07) is 10.2. The third kappa shape index (κ3) is 9.10. The second-order valence-corrected chi connectivity index (χ2v) is 8.77. The summed E-state index contributed by atoms with van der Waals surface area (Å²) in [6.07, 6.45) is 0. The summed E-state index contributed by atoms with van der Waals surface area (Å²) < 4.78 is 10.4. The summed E-state index contributed by atoms with van der Waals surface area (Å²) in [5.41, 5.74) is 0.230. The van der Waals surface area contributed by atoms with Crippen LogP contribution in [0.15, 0.2) is 64.9 Å². The molecule has 0 unspecified atom stereocenters. The van der Waals surface area contributed by atoms with E-state index in [4.69, 9.17) is 9.47 Å². The number of nitro groups is 1. The maximum absolute atomic E-state index is 12.0. The van der Waals surface area contributed by atoms with Crippen LogP contribution < -0.4 is 10.2 Å². The summed E-state index contributed by atoms with van der Waals surface area (Å²) in [7, 11) is 0. The van der Waals surface area contributed by atoms with Gasteiger partial charge in [-0.15, -0.1) is 10.2 Å². The maximum Gasteiger partial charge on any atom is 0.333 e. The van der Waals surface area contributed by atoms with Crippen LogP contribution in [-0.4, -0.2) is 49.1 Å². The van der Waals surface area contributed by atoms with Crippen LogP contribution in [0.1, 0.15) is 31.9 Å². The molecule has 2 rings (SSSR count). The molecule has 1 N–H and O–H groups in total. The number of carbonyl (C=O) groups excluding carboxylic acids is 3. The smallest absolute Gasteiger partial charge is 0.333 e. The summed E-state index contributed by atoms with van der Waals surface area (Å²) in [5, 5.41) is 40.8. The predicted octanol–water partition coefficient (Wildman–Crippen LogP) is 4.76. The first-order chi connectivity index (χ1) is 19.9. The molecule has 0 aliphatic carbocycles. The molecule has 216 valence electrons. The molecule has 42 heavy (non-hydrogen) atoms. The summed E-state index contributed by atoms with van der Waals surface area (Å²) in [5.74, 6) is -1.58. The van der Waals surface area contributed by atoms with Gasteiger partial charge in [0.05, 0.1) is 34.8 Å². The Morgan fingerprint density at radius 1 is 0.952 bits per heavy atom. The predicted molar refractivity (Wildman–Crippen MR) is 151 cm³/mol. The molecule has 0 aliphatic heterocycles. The van der Waals surface area contributed by atoms with E-state index in [0.29, 0.717) is 5.69 Å². The lowest BCUT2D eigenvalue weighted by atomic mass is 10.1. The number of nitrogens with one attached hydrogen (secondary N) is 1. The normalized spacial score (nSPS) is 10.2. The van der Waals surface area contributed by atoms with Crippen LogP contribution >= 0.6 is 0 Å². The third-order valence-electron chi connectivity index (χ3n) is 5.35. The van der Waals surface area contributed by atoms with Crippen LogP contribution in [0, 0.1) is 32.8 Å². The molecule has 0 aliphatic rings. The number of nitro benzene ring substituents is 1. The van der Waals surface area contributed by atoms with Gasteiger partial charge in [0, 0.05) is 35.9 Å². The van der Waals surface area contributed by atoms with Gasteiger partial charge >= 0.3 is 11.9 Å². The number of azo groups is 1. The molecule has 0 atom stereocenters. The molecule has 0 fully saturated rings. The van der Waals surface area contributed by atoms with Gasteiger partial charge in [-0.3, -0.25) is 14.9 Å². The summed E-state index contributed by atoms with van der Waals surface area (Å²) in [4.78, 5) is 47.8. The molecule has 1 amide bonds. The van der Waals surface area contributed by atoms with Crippen molar-refractivity contribution in [1.29, 1.82) is 10.5 Å². The molecule has 0 aromatic heterocycles. The number of benzene rings is 2. The third-order valence-corrected chi connectivity index (χ3v) is 5.35. The highest BCUT2D eigenvalue weighted by Crippen LogP contribution is 2.34. The van der Waals surface area contributed by atoms with Crippen molar-refractivity contribution in [3.8, 4) is 12.1 Å². The lowest BCUT2D eigenvalue weighted by molar-refractivity contribution is -0.384. The highest BCUT2D eigenvalue weighted by molar-refractivity contribution is 5.93. The molecule has 0 bridgehead atoms. The summed E-state index contributed by atoms with van der Waals surface area (Å²) >= 11 is 0. The number of ether oxygens (including phenoxy) is 2. The van der Waals surface area contributed by atoms with E-state index < -0.39 is 28.5 Å². The van der Waals surface area contributed by atoms with Gasteiger partial charge in [-0.05, 0) is 32.0 Å². The number of non-ortho nitro benzene ring substituents is 1. The van der Waals surface area contributed by atoms with Crippen molar-refractivity contribution < 1.29 is 28.8 Å². The van der Waals surface area contributed by atoms with Gasteiger partial charge in [0.2, 0.25) is 5.91 Å². The van der Waals surface area contributed by atoms with Crippen LogP contribution in [0.3, 0.4) is 0 Å². The number of rotatable bonds is 13. The van der Waals surface area contributed by atoms with E-state index in [9.17, 15) is 35.0 Å². The number of amides is 1. The van der Waals surface area contributed by atoms with Gasteiger partial charge in [-0.2, -0.15) is 10.5 Å². The fraction of sp³-hybridized carbons (Fsp3) is 0.250. The molecule has 2 aromatic carbocycles. The lowest BCUT2D eigenvalue weighted by Crippen LogP contribution is -2.32. The Balaban J connectivity index is 2.47. The van der Waals surface area contributed by atoms with Crippen molar-refractivity contribution in [2.24, 2.45) is 10.2 Å². The van der Waals surface area contributed by atoms with Crippen molar-refractivity contribution in [3.05, 3.63) is 75.9 Å². The second-order valence-electron chi connectivity index (χ2n) is 8.77.